The Kier molecular flexibility index (Phi) is 5.53. The number of carbonyl (C=O) groups excluding carboxylic acids is 1. The lowest BCUT2D eigenvalue weighted by molar-refractivity contribution is -0.138. The number of hydrogen-bond acceptors (Lipinski definition) is 6. The second kappa shape index (κ2) is 8.01. The summed E-state index contributed by atoms with van der Waals surface area (Å²) in [5.74, 6) is -0.722. The average Bonchev–Trinajstić information content (AvgIpc) is 2.93. The van der Waals surface area contributed by atoms with Crippen LogP contribution in [-0.4, -0.2) is 27.7 Å². The van der Waals surface area contributed by atoms with Crippen LogP contribution in [0, 0.1) is 6.92 Å². The lowest BCUT2D eigenvalue weighted by Crippen LogP contribution is -2.12. The van der Waals surface area contributed by atoms with E-state index < -0.39 is 5.97 Å². The van der Waals surface area contributed by atoms with E-state index in [-0.39, 0.29) is 17.9 Å². The smallest absolute Gasteiger partial charge is 0.344 e. The SMILES string of the molecule is CCOC(=O)C1=C(O)C(=Cc2ccccn2)SC1=Nc1ccccc1C. The van der Waals surface area contributed by atoms with Crippen LogP contribution in [0.2, 0.25) is 0 Å². The lowest BCUT2D eigenvalue weighted by atomic mass is 10.2. The zero-order valence-electron chi connectivity index (χ0n) is 14.5. The quantitative estimate of drug-likeness (QED) is 0.802. The molecular weight excluding hydrogens is 348 g/mol. The van der Waals surface area contributed by atoms with Crippen molar-refractivity contribution < 1.29 is 14.6 Å². The fourth-order valence-corrected chi connectivity index (χ4v) is 3.40. The second-order valence-electron chi connectivity index (χ2n) is 5.51. The first-order valence-electron chi connectivity index (χ1n) is 8.16. The molecule has 0 fully saturated rings. The Morgan fingerprint density at radius 1 is 1.27 bits per heavy atom. The highest BCUT2D eigenvalue weighted by Gasteiger charge is 2.33. The van der Waals surface area contributed by atoms with Crippen molar-refractivity contribution in [3.63, 3.8) is 0 Å². The summed E-state index contributed by atoms with van der Waals surface area (Å²) in [7, 11) is 0. The van der Waals surface area contributed by atoms with Crippen molar-refractivity contribution in [2.45, 2.75) is 13.8 Å². The summed E-state index contributed by atoms with van der Waals surface area (Å²) in [4.78, 5) is 21.7. The highest BCUT2D eigenvalue weighted by Crippen LogP contribution is 2.40. The third-order valence-corrected chi connectivity index (χ3v) is 4.69. The van der Waals surface area contributed by atoms with Crippen LogP contribution in [0.1, 0.15) is 18.2 Å². The van der Waals surface area contributed by atoms with Gasteiger partial charge in [0.25, 0.3) is 0 Å². The third kappa shape index (κ3) is 3.86. The minimum absolute atomic E-state index is 0.0854. The summed E-state index contributed by atoms with van der Waals surface area (Å²) < 4.78 is 5.10. The van der Waals surface area contributed by atoms with Crippen LogP contribution < -0.4 is 0 Å². The first kappa shape index (κ1) is 17.9. The van der Waals surface area contributed by atoms with Gasteiger partial charge in [-0.05, 0) is 43.7 Å². The largest absolute Gasteiger partial charge is 0.506 e. The molecule has 1 aromatic carbocycles. The molecule has 2 heterocycles. The van der Waals surface area contributed by atoms with Gasteiger partial charge in [-0.2, -0.15) is 0 Å². The van der Waals surface area contributed by atoms with Gasteiger partial charge in [-0.25, -0.2) is 9.79 Å². The van der Waals surface area contributed by atoms with Crippen molar-refractivity contribution in [2.24, 2.45) is 4.99 Å². The number of esters is 1. The van der Waals surface area contributed by atoms with E-state index in [0.29, 0.717) is 15.6 Å². The highest BCUT2D eigenvalue weighted by atomic mass is 32.2. The molecule has 3 rings (SSSR count). The molecule has 0 spiro atoms. The Labute approximate surface area is 156 Å². The molecule has 26 heavy (non-hydrogen) atoms. The van der Waals surface area contributed by atoms with Crippen molar-refractivity contribution >= 4 is 34.5 Å². The minimum atomic E-state index is -0.589. The van der Waals surface area contributed by atoms with Gasteiger partial charge in [0.1, 0.15) is 16.4 Å². The minimum Gasteiger partial charge on any atom is -0.506 e. The maximum Gasteiger partial charge on any atom is 0.344 e. The van der Waals surface area contributed by atoms with Gasteiger partial charge in [0.05, 0.1) is 22.9 Å². The number of aromatic nitrogens is 1. The number of nitrogens with zero attached hydrogens (tertiary/aromatic N) is 2. The zero-order chi connectivity index (χ0) is 18.5. The normalized spacial score (nSPS) is 17.2. The number of carbonyl (C=O) groups is 1. The van der Waals surface area contributed by atoms with E-state index in [2.05, 4.69) is 9.98 Å². The molecule has 0 atom stereocenters. The van der Waals surface area contributed by atoms with Crippen LogP contribution in [0.4, 0.5) is 5.69 Å². The van der Waals surface area contributed by atoms with Crippen molar-refractivity contribution in [3.8, 4) is 0 Å². The molecule has 0 saturated heterocycles. The maximum atomic E-state index is 12.4. The summed E-state index contributed by atoms with van der Waals surface area (Å²) in [6.07, 6.45) is 3.39. The van der Waals surface area contributed by atoms with Crippen molar-refractivity contribution in [2.75, 3.05) is 6.61 Å². The van der Waals surface area contributed by atoms with Gasteiger partial charge < -0.3 is 9.84 Å². The van der Waals surface area contributed by atoms with E-state index in [4.69, 9.17) is 4.74 Å². The van der Waals surface area contributed by atoms with Crippen LogP contribution in [-0.2, 0) is 9.53 Å². The molecule has 1 aliphatic heterocycles. The standard InChI is InChI=1S/C20H18N2O3S/c1-3-25-20(24)17-18(23)16(12-14-9-6-7-11-21-14)26-19(17)22-15-10-5-4-8-13(15)2/h4-12,23H,3H2,1-2H3. The van der Waals surface area contributed by atoms with E-state index in [1.165, 1.54) is 11.8 Å². The maximum absolute atomic E-state index is 12.4. The number of para-hydroxylation sites is 1. The lowest BCUT2D eigenvalue weighted by Gasteiger charge is -2.05. The highest BCUT2D eigenvalue weighted by molar-refractivity contribution is 8.18. The number of rotatable bonds is 4. The van der Waals surface area contributed by atoms with Crippen LogP contribution in [0.25, 0.3) is 6.08 Å². The van der Waals surface area contributed by atoms with Crippen LogP contribution in [0.5, 0.6) is 0 Å². The number of hydrogen-bond donors (Lipinski definition) is 1. The fourth-order valence-electron chi connectivity index (χ4n) is 2.39. The summed E-state index contributed by atoms with van der Waals surface area (Å²) in [5, 5.41) is 11.0. The summed E-state index contributed by atoms with van der Waals surface area (Å²) in [6, 6.07) is 13.1. The average molecular weight is 366 g/mol. The summed E-state index contributed by atoms with van der Waals surface area (Å²) >= 11 is 1.23. The molecule has 0 aliphatic carbocycles. The van der Waals surface area contributed by atoms with E-state index in [1.54, 1.807) is 19.2 Å². The number of aryl methyl sites for hydroxylation is 1. The van der Waals surface area contributed by atoms with E-state index in [1.807, 2.05) is 49.4 Å². The monoisotopic (exact) mass is 366 g/mol. The molecule has 0 amide bonds. The van der Waals surface area contributed by atoms with Gasteiger partial charge in [-0.3, -0.25) is 4.98 Å². The Balaban J connectivity index is 2.06. The topological polar surface area (TPSA) is 71.8 Å². The van der Waals surface area contributed by atoms with Gasteiger partial charge in [-0.15, -0.1) is 0 Å². The van der Waals surface area contributed by atoms with Gasteiger partial charge in [-0.1, -0.05) is 36.0 Å². The van der Waals surface area contributed by atoms with Crippen molar-refractivity contribution in [3.05, 3.63) is 76.2 Å². The molecule has 0 bridgehead atoms. The molecule has 132 valence electrons. The van der Waals surface area contributed by atoms with Crippen LogP contribution in [0.3, 0.4) is 0 Å². The van der Waals surface area contributed by atoms with Gasteiger partial charge in [0, 0.05) is 6.20 Å². The van der Waals surface area contributed by atoms with Crippen molar-refractivity contribution in [1.29, 1.82) is 0 Å². The molecule has 5 nitrogen and oxygen atoms in total. The zero-order valence-corrected chi connectivity index (χ0v) is 15.3. The Hall–Kier alpha value is -2.86. The number of benzene rings is 1. The molecule has 6 heteroatoms. The molecule has 0 radical (unpaired) electrons. The van der Waals surface area contributed by atoms with E-state index >= 15 is 0 Å². The van der Waals surface area contributed by atoms with Gasteiger partial charge in [0.15, 0.2) is 0 Å². The third-order valence-electron chi connectivity index (χ3n) is 3.67. The summed E-state index contributed by atoms with van der Waals surface area (Å²) in [5.41, 5.74) is 2.48. The Morgan fingerprint density at radius 2 is 2.04 bits per heavy atom. The number of aliphatic imine (C=N–C) groups is 1. The molecule has 1 N–H and O–H groups in total. The predicted molar refractivity (Wildman–Crippen MR) is 104 cm³/mol. The first-order chi connectivity index (χ1) is 12.6. The summed E-state index contributed by atoms with van der Waals surface area (Å²) in [6.45, 7) is 3.88. The van der Waals surface area contributed by atoms with E-state index in [9.17, 15) is 9.90 Å². The number of thioether (sulfide) groups is 1. The number of aliphatic hydroxyl groups excluding tert-OH is 1. The molecule has 1 aromatic heterocycles. The van der Waals surface area contributed by atoms with Crippen molar-refractivity contribution in [1.82, 2.24) is 4.98 Å². The Bertz CT molecular complexity index is 918. The number of aliphatic hydroxyl groups is 1. The van der Waals surface area contributed by atoms with Crippen LogP contribution in [0.15, 0.2) is 69.9 Å². The molecular formula is C20H18N2O3S. The first-order valence-corrected chi connectivity index (χ1v) is 8.97. The number of pyridine rings is 1. The van der Waals surface area contributed by atoms with E-state index in [0.717, 1.165) is 11.3 Å². The predicted octanol–water partition coefficient (Wildman–Crippen LogP) is 4.58. The molecule has 2 aromatic rings. The number of ether oxygens (including phenoxy) is 1. The van der Waals surface area contributed by atoms with Gasteiger partial charge >= 0.3 is 5.97 Å². The van der Waals surface area contributed by atoms with Crippen LogP contribution >= 0.6 is 11.8 Å². The molecule has 1 aliphatic rings. The second-order valence-corrected chi connectivity index (χ2v) is 6.54. The fraction of sp³-hybridized carbons (Fsp3) is 0.150. The molecule has 0 unspecified atom stereocenters. The van der Waals surface area contributed by atoms with Gasteiger partial charge in [0.2, 0.25) is 0 Å². The Morgan fingerprint density at radius 3 is 2.73 bits per heavy atom. The molecule has 0 saturated carbocycles.